The summed E-state index contributed by atoms with van der Waals surface area (Å²) >= 11 is 1.32. The molecule has 1 amide bonds. The lowest BCUT2D eigenvalue weighted by molar-refractivity contribution is -0.118. The van der Waals surface area contributed by atoms with Crippen LogP contribution in [0.25, 0.3) is 0 Å². The van der Waals surface area contributed by atoms with Crippen LogP contribution in [0.5, 0.6) is 11.5 Å². The third kappa shape index (κ3) is 4.07. The molecule has 2 heterocycles. The van der Waals surface area contributed by atoms with Crippen LogP contribution in [0.2, 0.25) is 0 Å². The highest BCUT2D eigenvalue weighted by molar-refractivity contribution is 8.00. The van der Waals surface area contributed by atoms with E-state index in [9.17, 15) is 10.1 Å². The van der Waals surface area contributed by atoms with Crippen molar-refractivity contribution in [1.29, 1.82) is 5.26 Å². The van der Waals surface area contributed by atoms with Crippen molar-refractivity contribution in [1.82, 2.24) is 10.3 Å². The number of fused-ring (bicyclic) bond motifs is 2. The smallest absolute Gasteiger partial charge is 0.231 e. The molecule has 1 aliphatic carbocycles. The van der Waals surface area contributed by atoms with E-state index >= 15 is 0 Å². The molecule has 1 unspecified atom stereocenters. The summed E-state index contributed by atoms with van der Waals surface area (Å²) in [6.07, 6.45) is 3.02. The number of nitrogens with one attached hydrogen (secondary N) is 1. The van der Waals surface area contributed by atoms with E-state index in [1.807, 2.05) is 24.3 Å². The first-order valence-corrected chi connectivity index (χ1v) is 10.3. The van der Waals surface area contributed by atoms with E-state index in [-0.39, 0.29) is 18.5 Å². The van der Waals surface area contributed by atoms with Gasteiger partial charge in [0.2, 0.25) is 12.7 Å². The molecule has 0 saturated carbocycles. The zero-order valence-electron chi connectivity index (χ0n) is 15.7. The molecule has 144 valence electrons. The van der Waals surface area contributed by atoms with E-state index in [2.05, 4.69) is 23.3 Å². The molecule has 0 bridgehead atoms. The number of rotatable bonds is 5. The molecule has 0 radical (unpaired) electrons. The fourth-order valence-corrected chi connectivity index (χ4v) is 4.26. The molecule has 1 aromatic heterocycles. The summed E-state index contributed by atoms with van der Waals surface area (Å²) in [6, 6.07) is 9.79. The Morgan fingerprint density at radius 3 is 3.07 bits per heavy atom. The van der Waals surface area contributed by atoms with Crippen molar-refractivity contribution in [2.75, 3.05) is 12.5 Å². The van der Waals surface area contributed by atoms with Crippen LogP contribution in [0.3, 0.4) is 0 Å². The van der Waals surface area contributed by atoms with Crippen molar-refractivity contribution >= 4 is 17.7 Å². The average molecular weight is 395 g/mol. The second-order valence-electron chi connectivity index (χ2n) is 7.16. The van der Waals surface area contributed by atoms with Gasteiger partial charge in [0.1, 0.15) is 11.1 Å². The van der Waals surface area contributed by atoms with Crippen LogP contribution in [0.15, 0.2) is 29.3 Å². The predicted octanol–water partition coefficient (Wildman–Crippen LogP) is 3.22. The Morgan fingerprint density at radius 2 is 2.21 bits per heavy atom. The van der Waals surface area contributed by atoms with Gasteiger partial charge in [0.25, 0.3) is 0 Å². The number of thioether (sulfide) groups is 1. The summed E-state index contributed by atoms with van der Waals surface area (Å²) in [4.78, 5) is 16.9. The van der Waals surface area contributed by atoms with Crippen molar-refractivity contribution in [3.63, 3.8) is 0 Å². The fourth-order valence-electron chi connectivity index (χ4n) is 3.45. The van der Waals surface area contributed by atoms with Crippen LogP contribution in [-0.4, -0.2) is 23.4 Å². The zero-order valence-corrected chi connectivity index (χ0v) is 16.5. The number of carbonyl (C=O) groups is 1. The number of carbonyl (C=O) groups excluding carboxylic acids is 1. The first kappa shape index (κ1) is 18.6. The predicted molar refractivity (Wildman–Crippen MR) is 105 cm³/mol. The lowest BCUT2D eigenvalue weighted by Crippen LogP contribution is -2.24. The topological polar surface area (TPSA) is 84.2 Å². The monoisotopic (exact) mass is 395 g/mol. The van der Waals surface area contributed by atoms with Gasteiger partial charge in [0.15, 0.2) is 11.5 Å². The van der Waals surface area contributed by atoms with Gasteiger partial charge in [-0.25, -0.2) is 4.98 Å². The maximum atomic E-state index is 12.3. The lowest BCUT2D eigenvalue weighted by atomic mass is 9.87. The normalized spacial score (nSPS) is 16.9. The van der Waals surface area contributed by atoms with Crippen LogP contribution in [0, 0.1) is 17.2 Å². The highest BCUT2D eigenvalue weighted by Crippen LogP contribution is 2.32. The molecular formula is C21H21N3O3S. The Bertz CT molecular complexity index is 955. The highest BCUT2D eigenvalue weighted by atomic mass is 32.2. The third-order valence-corrected chi connectivity index (χ3v) is 5.98. The van der Waals surface area contributed by atoms with Gasteiger partial charge >= 0.3 is 0 Å². The van der Waals surface area contributed by atoms with Gasteiger partial charge in [-0.1, -0.05) is 24.8 Å². The number of nitrogens with zero attached hydrogens (tertiary/aromatic N) is 2. The molecule has 1 aromatic carbocycles. The van der Waals surface area contributed by atoms with Gasteiger partial charge in [-0.2, -0.15) is 5.26 Å². The second kappa shape index (κ2) is 8.11. The number of hydrogen-bond donors (Lipinski definition) is 1. The van der Waals surface area contributed by atoms with E-state index in [0.717, 1.165) is 36.3 Å². The molecule has 2 aromatic rings. The number of nitriles is 1. The number of aryl methyl sites for hydroxylation is 1. The SMILES string of the molecule is CC1CCc2nc(SCC(=O)NCc3ccc4c(c3)OCO4)c(C#N)cc2C1. The summed E-state index contributed by atoms with van der Waals surface area (Å²) in [5.74, 6) is 2.18. The molecular weight excluding hydrogens is 374 g/mol. The van der Waals surface area contributed by atoms with Crippen LogP contribution in [-0.2, 0) is 24.2 Å². The summed E-state index contributed by atoms with van der Waals surface area (Å²) in [6.45, 7) is 2.87. The van der Waals surface area contributed by atoms with Crippen LogP contribution >= 0.6 is 11.8 Å². The number of amides is 1. The number of hydrogen-bond acceptors (Lipinski definition) is 6. The molecule has 2 aliphatic rings. The quantitative estimate of drug-likeness (QED) is 0.783. The van der Waals surface area contributed by atoms with E-state index in [1.165, 1.54) is 17.3 Å². The van der Waals surface area contributed by atoms with Crippen LogP contribution in [0.4, 0.5) is 0 Å². The Morgan fingerprint density at radius 1 is 1.36 bits per heavy atom. The lowest BCUT2D eigenvalue weighted by Gasteiger charge is -2.21. The van der Waals surface area contributed by atoms with Crippen molar-refractivity contribution in [3.05, 3.63) is 46.6 Å². The standard InChI is InChI=1S/C21H21N3O3S/c1-13-2-4-17-15(6-13)8-16(9-22)21(24-17)28-11-20(25)23-10-14-3-5-18-19(7-14)27-12-26-18/h3,5,7-8,13H,2,4,6,10-12H2,1H3,(H,23,25). The Hall–Kier alpha value is -2.72. The third-order valence-electron chi connectivity index (χ3n) is 4.99. The summed E-state index contributed by atoms with van der Waals surface area (Å²) in [5.41, 5.74) is 3.75. The van der Waals surface area contributed by atoms with Gasteiger partial charge in [-0.3, -0.25) is 4.79 Å². The molecule has 6 nitrogen and oxygen atoms in total. The van der Waals surface area contributed by atoms with E-state index in [4.69, 9.17) is 9.47 Å². The zero-order chi connectivity index (χ0) is 19.5. The van der Waals surface area contributed by atoms with Gasteiger partial charge < -0.3 is 14.8 Å². The fraction of sp³-hybridized carbons (Fsp3) is 0.381. The minimum Gasteiger partial charge on any atom is -0.454 e. The van der Waals surface area contributed by atoms with Crippen LogP contribution in [0.1, 0.15) is 35.7 Å². The van der Waals surface area contributed by atoms with Gasteiger partial charge in [0, 0.05) is 12.2 Å². The minimum atomic E-state index is -0.0975. The van der Waals surface area contributed by atoms with Gasteiger partial charge in [-0.15, -0.1) is 0 Å². The number of pyridine rings is 1. The largest absolute Gasteiger partial charge is 0.454 e. The molecule has 0 saturated heterocycles. The minimum absolute atomic E-state index is 0.0975. The second-order valence-corrected chi connectivity index (χ2v) is 8.12. The summed E-state index contributed by atoms with van der Waals surface area (Å²) in [7, 11) is 0. The molecule has 1 atom stereocenters. The van der Waals surface area contributed by atoms with E-state index in [0.29, 0.717) is 28.8 Å². The average Bonchev–Trinajstić information content (AvgIpc) is 3.17. The van der Waals surface area contributed by atoms with Crippen LogP contribution < -0.4 is 14.8 Å². The molecule has 1 aliphatic heterocycles. The van der Waals surface area contributed by atoms with Crippen molar-refractivity contribution in [2.45, 2.75) is 37.8 Å². The number of ether oxygens (including phenoxy) is 2. The Labute approximate surface area is 168 Å². The van der Waals surface area contributed by atoms with E-state index < -0.39 is 0 Å². The molecule has 28 heavy (non-hydrogen) atoms. The first-order chi connectivity index (χ1) is 13.6. The van der Waals surface area contributed by atoms with E-state index in [1.54, 1.807) is 0 Å². The molecule has 0 fully saturated rings. The first-order valence-electron chi connectivity index (χ1n) is 9.33. The Kier molecular flexibility index (Phi) is 5.40. The molecule has 4 rings (SSSR count). The summed E-state index contributed by atoms with van der Waals surface area (Å²) < 4.78 is 10.6. The Balaban J connectivity index is 1.35. The maximum absolute atomic E-state index is 12.3. The van der Waals surface area contributed by atoms with Crippen molar-refractivity contribution in [2.24, 2.45) is 5.92 Å². The van der Waals surface area contributed by atoms with Gasteiger partial charge in [0.05, 0.1) is 11.3 Å². The maximum Gasteiger partial charge on any atom is 0.231 e. The van der Waals surface area contributed by atoms with Crippen molar-refractivity contribution in [3.8, 4) is 17.6 Å². The molecule has 1 N–H and O–H groups in total. The summed E-state index contributed by atoms with van der Waals surface area (Å²) in [5, 5.41) is 13.0. The number of aromatic nitrogens is 1. The van der Waals surface area contributed by atoms with Gasteiger partial charge in [-0.05, 0) is 54.5 Å². The van der Waals surface area contributed by atoms with Crippen molar-refractivity contribution < 1.29 is 14.3 Å². The molecule has 0 spiro atoms. The number of benzene rings is 1. The molecule has 7 heteroatoms. The highest BCUT2D eigenvalue weighted by Gasteiger charge is 2.20.